The van der Waals surface area contributed by atoms with E-state index < -0.39 is 0 Å². The van der Waals surface area contributed by atoms with Gasteiger partial charge < -0.3 is 10.1 Å². The van der Waals surface area contributed by atoms with Crippen molar-refractivity contribution in [1.29, 1.82) is 0 Å². The molecule has 66 valence electrons. The molecule has 4 nitrogen and oxygen atoms in total. The number of aromatic hydroxyl groups is 1. The summed E-state index contributed by atoms with van der Waals surface area (Å²) in [5.74, 6) is 0.382. The number of aromatic nitrogens is 2. The molecule has 1 rings (SSSR count). The summed E-state index contributed by atoms with van der Waals surface area (Å²) in [6.07, 6.45) is 1.58. The van der Waals surface area contributed by atoms with Crippen LogP contribution in [0.2, 0.25) is 0 Å². The lowest BCUT2D eigenvalue weighted by atomic mass is 10.3. The molecule has 0 saturated carbocycles. The highest BCUT2D eigenvalue weighted by atomic mass is 16.3. The van der Waals surface area contributed by atoms with Gasteiger partial charge in [-0.25, -0.2) is 4.98 Å². The molecule has 0 unspecified atom stereocenters. The zero-order valence-electron chi connectivity index (χ0n) is 7.22. The number of hydrogen-bond donors (Lipinski definition) is 2. The van der Waals surface area contributed by atoms with E-state index in [1.54, 1.807) is 0 Å². The molecule has 0 aliphatic carbocycles. The van der Waals surface area contributed by atoms with E-state index in [1.807, 2.05) is 6.92 Å². The van der Waals surface area contributed by atoms with Crippen LogP contribution in [-0.4, -0.2) is 15.1 Å². The van der Waals surface area contributed by atoms with Crippen LogP contribution >= 0.6 is 0 Å². The van der Waals surface area contributed by atoms with Gasteiger partial charge in [-0.15, -0.1) is 0 Å². The van der Waals surface area contributed by atoms with E-state index >= 15 is 0 Å². The fraction of sp³-hybridized carbons (Fsp3) is 0.500. The second-order valence-electron chi connectivity index (χ2n) is 2.71. The van der Waals surface area contributed by atoms with Crippen LogP contribution in [-0.2, 0) is 6.42 Å². The monoisotopic (exact) mass is 168 g/mol. The molecule has 0 aliphatic heterocycles. The van der Waals surface area contributed by atoms with Crippen LogP contribution in [0.5, 0.6) is 5.88 Å². The zero-order valence-corrected chi connectivity index (χ0v) is 7.22. The van der Waals surface area contributed by atoms with Gasteiger partial charge >= 0.3 is 0 Å². The normalized spacial score (nSPS) is 10.2. The van der Waals surface area contributed by atoms with E-state index in [0.717, 1.165) is 6.42 Å². The molecule has 0 bridgehead atoms. The van der Waals surface area contributed by atoms with Gasteiger partial charge in [0.25, 0.3) is 5.56 Å². The molecule has 12 heavy (non-hydrogen) atoms. The summed E-state index contributed by atoms with van der Waals surface area (Å²) in [6, 6.07) is 0. The van der Waals surface area contributed by atoms with E-state index in [1.165, 1.54) is 6.92 Å². The molecule has 1 aromatic rings. The van der Waals surface area contributed by atoms with E-state index in [4.69, 9.17) is 0 Å². The van der Waals surface area contributed by atoms with Crippen LogP contribution in [0.25, 0.3) is 0 Å². The summed E-state index contributed by atoms with van der Waals surface area (Å²) in [5, 5.41) is 9.18. The molecule has 0 amide bonds. The topological polar surface area (TPSA) is 66.0 Å². The molecule has 1 aromatic heterocycles. The first-order valence-electron chi connectivity index (χ1n) is 3.94. The summed E-state index contributed by atoms with van der Waals surface area (Å²) in [4.78, 5) is 17.5. The highest BCUT2D eigenvalue weighted by Crippen LogP contribution is 2.06. The third kappa shape index (κ3) is 1.64. The van der Waals surface area contributed by atoms with Crippen molar-refractivity contribution >= 4 is 0 Å². The Kier molecular flexibility index (Phi) is 2.47. The maximum atomic E-state index is 11.1. The molecule has 0 radical (unpaired) electrons. The minimum Gasteiger partial charge on any atom is -0.493 e. The molecule has 0 aromatic carbocycles. The molecule has 0 atom stereocenters. The van der Waals surface area contributed by atoms with E-state index in [9.17, 15) is 9.90 Å². The summed E-state index contributed by atoms with van der Waals surface area (Å²) >= 11 is 0. The van der Waals surface area contributed by atoms with Crippen LogP contribution in [0.1, 0.15) is 24.7 Å². The summed E-state index contributed by atoms with van der Waals surface area (Å²) < 4.78 is 0. The SMILES string of the molecule is CCCc1nc(O)c(C)c(=O)[nH]1. The number of rotatable bonds is 2. The number of aryl methyl sites for hydroxylation is 1. The van der Waals surface area contributed by atoms with Gasteiger partial charge in [0.2, 0.25) is 5.88 Å². The zero-order chi connectivity index (χ0) is 9.14. The van der Waals surface area contributed by atoms with Gasteiger partial charge in [0.15, 0.2) is 0 Å². The van der Waals surface area contributed by atoms with Gasteiger partial charge in [-0.2, -0.15) is 0 Å². The van der Waals surface area contributed by atoms with Crippen molar-refractivity contribution in [3.63, 3.8) is 0 Å². The van der Waals surface area contributed by atoms with Crippen LogP contribution < -0.4 is 5.56 Å². The third-order valence-corrected chi connectivity index (χ3v) is 1.66. The number of aromatic amines is 1. The Hall–Kier alpha value is -1.32. The van der Waals surface area contributed by atoms with Crippen molar-refractivity contribution in [3.05, 3.63) is 21.7 Å². The number of H-pyrrole nitrogens is 1. The molecule has 4 heteroatoms. The lowest BCUT2D eigenvalue weighted by molar-refractivity contribution is 0.442. The van der Waals surface area contributed by atoms with Crippen molar-refractivity contribution in [3.8, 4) is 5.88 Å². The van der Waals surface area contributed by atoms with Crippen molar-refractivity contribution in [1.82, 2.24) is 9.97 Å². The Bertz CT molecular complexity index is 330. The number of nitrogens with one attached hydrogen (secondary N) is 1. The molecule has 0 spiro atoms. The molecule has 0 fully saturated rings. The first kappa shape index (κ1) is 8.77. The van der Waals surface area contributed by atoms with Crippen molar-refractivity contribution in [2.75, 3.05) is 0 Å². The summed E-state index contributed by atoms with van der Waals surface area (Å²) in [5.41, 5.74) is 0.0146. The molecule has 2 N–H and O–H groups in total. The van der Waals surface area contributed by atoms with Crippen LogP contribution in [0.15, 0.2) is 4.79 Å². The van der Waals surface area contributed by atoms with Gasteiger partial charge in [-0.3, -0.25) is 4.79 Å². The Morgan fingerprint density at radius 2 is 2.25 bits per heavy atom. The van der Waals surface area contributed by atoms with Crippen LogP contribution in [0, 0.1) is 6.92 Å². The number of hydrogen-bond acceptors (Lipinski definition) is 3. The van der Waals surface area contributed by atoms with Crippen molar-refractivity contribution in [2.24, 2.45) is 0 Å². The molecule has 0 saturated heterocycles. The quantitative estimate of drug-likeness (QED) is 0.684. The highest BCUT2D eigenvalue weighted by molar-refractivity contribution is 5.20. The molecule has 1 heterocycles. The lowest BCUT2D eigenvalue weighted by Gasteiger charge is -2.00. The van der Waals surface area contributed by atoms with E-state index in [2.05, 4.69) is 9.97 Å². The average Bonchev–Trinajstić information content (AvgIpc) is 2.01. The van der Waals surface area contributed by atoms with Crippen LogP contribution in [0.3, 0.4) is 0 Å². The first-order chi connectivity index (χ1) is 5.65. The van der Waals surface area contributed by atoms with Crippen molar-refractivity contribution in [2.45, 2.75) is 26.7 Å². The molecular weight excluding hydrogens is 156 g/mol. The second kappa shape index (κ2) is 3.38. The van der Waals surface area contributed by atoms with E-state index in [-0.39, 0.29) is 17.0 Å². The van der Waals surface area contributed by atoms with Gasteiger partial charge in [0, 0.05) is 6.42 Å². The van der Waals surface area contributed by atoms with Crippen molar-refractivity contribution < 1.29 is 5.11 Å². The maximum absolute atomic E-state index is 11.1. The lowest BCUT2D eigenvalue weighted by Crippen LogP contribution is -2.13. The number of nitrogens with zero attached hydrogens (tertiary/aromatic N) is 1. The first-order valence-corrected chi connectivity index (χ1v) is 3.94. The fourth-order valence-electron chi connectivity index (χ4n) is 0.921. The Labute approximate surface area is 70.3 Å². The predicted molar refractivity (Wildman–Crippen MR) is 45.3 cm³/mol. The van der Waals surface area contributed by atoms with Gasteiger partial charge in [0.1, 0.15) is 5.82 Å². The second-order valence-corrected chi connectivity index (χ2v) is 2.71. The average molecular weight is 168 g/mol. The minimum absolute atomic E-state index is 0.165. The highest BCUT2D eigenvalue weighted by Gasteiger charge is 2.04. The Morgan fingerprint density at radius 1 is 1.58 bits per heavy atom. The maximum Gasteiger partial charge on any atom is 0.257 e. The van der Waals surface area contributed by atoms with Gasteiger partial charge in [-0.05, 0) is 13.3 Å². The summed E-state index contributed by atoms with van der Waals surface area (Å²) in [7, 11) is 0. The van der Waals surface area contributed by atoms with Gasteiger partial charge in [-0.1, -0.05) is 6.92 Å². The Balaban J connectivity index is 3.13. The third-order valence-electron chi connectivity index (χ3n) is 1.66. The van der Waals surface area contributed by atoms with Crippen LogP contribution in [0.4, 0.5) is 0 Å². The standard InChI is InChI=1S/C8H12N2O2/c1-3-4-6-9-7(11)5(2)8(12)10-6/h3-4H2,1-2H3,(H2,9,10,11,12). The smallest absolute Gasteiger partial charge is 0.257 e. The van der Waals surface area contributed by atoms with E-state index in [0.29, 0.717) is 12.2 Å². The molecular formula is C8H12N2O2. The summed E-state index contributed by atoms with van der Waals surface area (Å²) in [6.45, 7) is 3.52. The minimum atomic E-state index is -0.258. The molecule has 0 aliphatic rings. The van der Waals surface area contributed by atoms with Gasteiger partial charge in [0.05, 0.1) is 5.56 Å². The predicted octanol–water partition coefficient (Wildman–Crippen LogP) is 0.736. The largest absolute Gasteiger partial charge is 0.493 e. The fourth-order valence-corrected chi connectivity index (χ4v) is 0.921. The Morgan fingerprint density at radius 3 is 2.75 bits per heavy atom.